The molecule has 2 heterocycles. The lowest BCUT2D eigenvalue weighted by atomic mass is 10.3. The van der Waals surface area contributed by atoms with Gasteiger partial charge < -0.3 is 19.7 Å². The number of anilines is 1. The number of ether oxygens (including phenoxy) is 2. The van der Waals surface area contributed by atoms with Crippen LogP contribution < -0.4 is 15.0 Å². The molecular formula is C19H21BrN4O4. The molecule has 0 spiro atoms. The van der Waals surface area contributed by atoms with Gasteiger partial charge in [0, 0.05) is 17.6 Å². The van der Waals surface area contributed by atoms with Crippen molar-refractivity contribution in [2.75, 3.05) is 31.6 Å². The zero-order valence-electron chi connectivity index (χ0n) is 15.4. The quantitative estimate of drug-likeness (QED) is 0.648. The number of esters is 1. The van der Waals surface area contributed by atoms with Crippen LogP contribution in [0.2, 0.25) is 0 Å². The van der Waals surface area contributed by atoms with E-state index in [2.05, 4.69) is 36.3 Å². The molecule has 1 aromatic carbocycles. The Labute approximate surface area is 171 Å². The van der Waals surface area contributed by atoms with Crippen molar-refractivity contribution in [2.24, 2.45) is 0 Å². The van der Waals surface area contributed by atoms with E-state index in [1.54, 1.807) is 36.4 Å². The van der Waals surface area contributed by atoms with Gasteiger partial charge in [-0.2, -0.15) is 0 Å². The van der Waals surface area contributed by atoms with Gasteiger partial charge >= 0.3 is 5.97 Å². The highest BCUT2D eigenvalue weighted by Gasteiger charge is 2.23. The van der Waals surface area contributed by atoms with Gasteiger partial charge in [-0.15, -0.1) is 10.2 Å². The molecule has 8 nitrogen and oxygen atoms in total. The first-order valence-electron chi connectivity index (χ1n) is 8.94. The van der Waals surface area contributed by atoms with E-state index in [9.17, 15) is 9.59 Å². The molecule has 148 valence electrons. The summed E-state index contributed by atoms with van der Waals surface area (Å²) in [6, 6.07) is 10.4. The molecule has 9 heteroatoms. The van der Waals surface area contributed by atoms with Crippen molar-refractivity contribution < 1.29 is 19.1 Å². The third kappa shape index (κ3) is 5.19. The molecule has 3 rings (SSSR count). The Morgan fingerprint density at radius 3 is 2.46 bits per heavy atom. The molecule has 1 fully saturated rings. The third-order valence-electron chi connectivity index (χ3n) is 4.32. The van der Waals surface area contributed by atoms with Crippen molar-refractivity contribution in [2.45, 2.75) is 18.9 Å². The molecule has 1 N–H and O–H groups in total. The highest BCUT2D eigenvalue weighted by Crippen LogP contribution is 2.18. The number of hydrogen-bond acceptors (Lipinski definition) is 7. The summed E-state index contributed by atoms with van der Waals surface area (Å²) in [7, 11) is 1.27. The minimum atomic E-state index is -0.980. The molecule has 0 unspecified atom stereocenters. The second-order valence-electron chi connectivity index (χ2n) is 6.26. The maximum absolute atomic E-state index is 12.3. The van der Waals surface area contributed by atoms with E-state index in [0.29, 0.717) is 5.75 Å². The summed E-state index contributed by atoms with van der Waals surface area (Å²) in [6.07, 6.45) is 1.29. The van der Waals surface area contributed by atoms with Gasteiger partial charge in [0.25, 0.3) is 5.91 Å². The Kier molecular flexibility index (Phi) is 6.80. The predicted molar refractivity (Wildman–Crippen MR) is 106 cm³/mol. The van der Waals surface area contributed by atoms with Gasteiger partial charge in [0.05, 0.1) is 13.7 Å². The molecule has 0 radical (unpaired) electrons. The SMILES string of the molecule is COC(=O)[C@H](CNC(=O)c1ccc(N2CCCC2)nn1)Oc1ccc(Br)cc1. The number of amides is 1. The van der Waals surface area contributed by atoms with Gasteiger partial charge in [0.2, 0.25) is 6.10 Å². The molecule has 1 aliphatic heterocycles. The van der Waals surface area contributed by atoms with Gasteiger partial charge in [0.1, 0.15) is 5.75 Å². The summed E-state index contributed by atoms with van der Waals surface area (Å²) in [5.41, 5.74) is 0.176. The number of benzene rings is 1. The Balaban J connectivity index is 1.59. The Morgan fingerprint density at radius 2 is 1.86 bits per heavy atom. The van der Waals surface area contributed by atoms with Crippen LogP contribution in [0.5, 0.6) is 5.75 Å². The predicted octanol–water partition coefficient (Wildman–Crippen LogP) is 2.19. The lowest BCUT2D eigenvalue weighted by Gasteiger charge is -2.18. The first kappa shape index (κ1) is 20.1. The number of rotatable bonds is 7. The molecule has 2 aromatic rings. The van der Waals surface area contributed by atoms with E-state index in [-0.39, 0.29) is 12.2 Å². The molecule has 0 aliphatic carbocycles. The average molecular weight is 449 g/mol. The number of nitrogens with one attached hydrogen (secondary N) is 1. The van der Waals surface area contributed by atoms with Gasteiger partial charge in [-0.3, -0.25) is 4.79 Å². The van der Waals surface area contributed by atoms with E-state index < -0.39 is 18.0 Å². The van der Waals surface area contributed by atoms with Crippen LogP contribution in [0.25, 0.3) is 0 Å². The first-order valence-corrected chi connectivity index (χ1v) is 9.73. The van der Waals surface area contributed by atoms with Crippen LogP contribution in [0.3, 0.4) is 0 Å². The van der Waals surface area contributed by atoms with Gasteiger partial charge in [-0.25, -0.2) is 4.79 Å². The fraction of sp³-hybridized carbons (Fsp3) is 0.368. The molecular weight excluding hydrogens is 428 g/mol. The number of carbonyl (C=O) groups is 2. The monoisotopic (exact) mass is 448 g/mol. The van der Waals surface area contributed by atoms with E-state index in [1.807, 2.05) is 0 Å². The number of aromatic nitrogens is 2. The summed E-state index contributed by atoms with van der Waals surface area (Å²) < 4.78 is 11.3. The first-order chi connectivity index (χ1) is 13.6. The van der Waals surface area contributed by atoms with E-state index in [1.165, 1.54) is 7.11 Å². The fourth-order valence-electron chi connectivity index (χ4n) is 2.82. The topological polar surface area (TPSA) is 93.7 Å². The summed E-state index contributed by atoms with van der Waals surface area (Å²) in [4.78, 5) is 26.5. The molecule has 28 heavy (non-hydrogen) atoms. The van der Waals surface area contributed by atoms with Crippen LogP contribution in [0.4, 0.5) is 5.82 Å². The molecule has 1 saturated heterocycles. The smallest absolute Gasteiger partial charge is 0.348 e. The van der Waals surface area contributed by atoms with E-state index >= 15 is 0 Å². The molecule has 1 atom stereocenters. The summed E-state index contributed by atoms with van der Waals surface area (Å²) in [6.45, 7) is 1.85. The lowest BCUT2D eigenvalue weighted by molar-refractivity contribution is -0.148. The average Bonchev–Trinajstić information content (AvgIpc) is 3.26. The highest BCUT2D eigenvalue weighted by atomic mass is 79.9. The molecule has 0 saturated carbocycles. The number of carbonyl (C=O) groups excluding carboxylic acids is 2. The molecule has 1 aromatic heterocycles. The van der Waals surface area contributed by atoms with Crippen molar-refractivity contribution in [3.63, 3.8) is 0 Å². The van der Waals surface area contributed by atoms with Crippen LogP contribution >= 0.6 is 15.9 Å². The second kappa shape index (κ2) is 9.50. The van der Waals surface area contributed by atoms with Crippen molar-refractivity contribution in [1.82, 2.24) is 15.5 Å². The van der Waals surface area contributed by atoms with Gasteiger partial charge in [-0.1, -0.05) is 15.9 Å². The lowest BCUT2D eigenvalue weighted by Crippen LogP contribution is -2.41. The minimum Gasteiger partial charge on any atom is -0.477 e. The largest absolute Gasteiger partial charge is 0.477 e. The normalized spacial score (nSPS) is 14.4. The molecule has 1 amide bonds. The third-order valence-corrected chi connectivity index (χ3v) is 4.85. The Bertz CT molecular complexity index is 808. The van der Waals surface area contributed by atoms with Crippen LogP contribution in [0, 0.1) is 0 Å². The number of methoxy groups -OCH3 is 1. The van der Waals surface area contributed by atoms with Crippen molar-refractivity contribution in [3.8, 4) is 5.75 Å². The molecule has 1 aliphatic rings. The number of nitrogens with zero attached hydrogens (tertiary/aromatic N) is 3. The summed E-state index contributed by atoms with van der Waals surface area (Å²) in [5.74, 6) is 0.232. The van der Waals surface area contributed by atoms with E-state index in [0.717, 1.165) is 36.2 Å². The fourth-order valence-corrected chi connectivity index (χ4v) is 3.08. The van der Waals surface area contributed by atoms with Crippen LogP contribution in [0.15, 0.2) is 40.9 Å². The van der Waals surface area contributed by atoms with Crippen LogP contribution in [-0.4, -0.2) is 54.9 Å². The second-order valence-corrected chi connectivity index (χ2v) is 7.18. The zero-order valence-corrected chi connectivity index (χ0v) is 17.0. The number of hydrogen-bond donors (Lipinski definition) is 1. The minimum absolute atomic E-state index is 0.0584. The maximum Gasteiger partial charge on any atom is 0.348 e. The van der Waals surface area contributed by atoms with Crippen molar-refractivity contribution >= 4 is 33.6 Å². The molecule has 0 bridgehead atoms. The van der Waals surface area contributed by atoms with Crippen molar-refractivity contribution in [3.05, 3.63) is 46.6 Å². The highest BCUT2D eigenvalue weighted by molar-refractivity contribution is 9.10. The summed E-state index contributed by atoms with van der Waals surface area (Å²) in [5, 5.41) is 10.8. The van der Waals surface area contributed by atoms with Crippen LogP contribution in [-0.2, 0) is 9.53 Å². The standard InChI is InChI=1S/C19H21BrN4O4/c1-27-19(26)16(28-14-6-4-13(20)5-7-14)12-21-18(25)15-8-9-17(23-22-15)24-10-2-3-11-24/h4-9,16H,2-3,10-12H2,1H3,(H,21,25)/t16-/m0/s1. The summed E-state index contributed by atoms with van der Waals surface area (Å²) >= 11 is 3.34. The van der Waals surface area contributed by atoms with E-state index in [4.69, 9.17) is 9.47 Å². The van der Waals surface area contributed by atoms with Crippen LogP contribution in [0.1, 0.15) is 23.3 Å². The van der Waals surface area contributed by atoms with Gasteiger partial charge in [-0.05, 0) is 49.2 Å². The van der Waals surface area contributed by atoms with Crippen molar-refractivity contribution in [1.29, 1.82) is 0 Å². The Hall–Kier alpha value is -2.68. The van der Waals surface area contributed by atoms with Gasteiger partial charge in [0.15, 0.2) is 11.5 Å². The maximum atomic E-state index is 12.3. The number of halogens is 1. The zero-order chi connectivity index (χ0) is 19.9. The Morgan fingerprint density at radius 1 is 1.14 bits per heavy atom.